The standard InChI is InChI=1S/C8H15NO2/c1-2-11-8(10)5-7-3-4-9-6-7/h7,9H,2-6H2,1H3/t7-/m0/s1. The van der Waals surface area contributed by atoms with Gasteiger partial charge in [0.05, 0.1) is 6.61 Å². The third-order valence-electron chi connectivity index (χ3n) is 1.92. The molecule has 0 aromatic carbocycles. The molecule has 64 valence electrons. The fourth-order valence-corrected chi connectivity index (χ4v) is 1.34. The van der Waals surface area contributed by atoms with Gasteiger partial charge in [-0.25, -0.2) is 0 Å². The molecule has 1 N–H and O–H groups in total. The van der Waals surface area contributed by atoms with Crippen LogP contribution in [0, 0.1) is 5.92 Å². The zero-order valence-electron chi connectivity index (χ0n) is 6.93. The van der Waals surface area contributed by atoms with Crippen molar-refractivity contribution in [1.82, 2.24) is 5.32 Å². The molecule has 0 spiro atoms. The lowest BCUT2D eigenvalue weighted by Crippen LogP contribution is -2.14. The van der Waals surface area contributed by atoms with Crippen LogP contribution in [0.15, 0.2) is 0 Å². The molecule has 1 rings (SSSR count). The first kappa shape index (κ1) is 8.53. The van der Waals surface area contributed by atoms with E-state index in [9.17, 15) is 4.79 Å². The predicted molar refractivity (Wildman–Crippen MR) is 42.2 cm³/mol. The number of carbonyl (C=O) groups excluding carboxylic acids is 1. The van der Waals surface area contributed by atoms with Crippen LogP contribution in [-0.4, -0.2) is 25.7 Å². The second-order valence-electron chi connectivity index (χ2n) is 2.87. The molecular formula is C8H15NO2. The van der Waals surface area contributed by atoms with Crippen LogP contribution in [0.4, 0.5) is 0 Å². The Hall–Kier alpha value is -0.570. The van der Waals surface area contributed by atoms with Crippen molar-refractivity contribution in [3.05, 3.63) is 0 Å². The molecule has 0 aromatic rings. The van der Waals surface area contributed by atoms with Gasteiger partial charge in [0.25, 0.3) is 0 Å². The van der Waals surface area contributed by atoms with Gasteiger partial charge in [-0.3, -0.25) is 4.79 Å². The van der Waals surface area contributed by atoms with Crippen LogP contribution in [0.5, 0.6) is 0 Å². The molecule has 0 amide bonds. The van der Waals surface area contributed by atoms with E-state index in [4.69, 9.17) is 4.74 Å². The molecule has 1 aliphatic rings. The molecule has 1 atom stereocenters. The highest BCUT2D eigenvalue weighted by molar-refractivity contribution is 5.69. The van der Waals surface area contributed by atoms with Crippen molar-refractivity contribution in [3.8, 4) is 0 Å². The number of hydrogen-bond donors (Lipinski definition) is 1. The normalized spacial score (nSPS) is 23.5. The lowest BCUT2D eigenvalue weighted by Gasteiger charge is -2.06. The minimum atomic E-state index is -0.0544. The number of carbonyl (C=O) groups is 1. The lowest BCUT2D eigenvalue weighted by molar-refractivity contribution is -0.144. The molecular weight excluding hydrogens is 142 g/mol. The zero-order valence-corrected chi connectivity index (χ0v) is 6.93. The van der Waals surface area contributed by atoms with Gasteiger partial charge in [-0.15, -0.1) is 0 Å². The highest BCUT2D eigenvalue weighted by Crippen LogP contribution is 2.12. The summed E-state index contributed by atoms with van der Waals surface area (Å²) in [6, 6.07) is 0. The number of nitrogens with one attached hydrogen (secondary N) is 1. The lowest BCUT2D eigenvalue weighted by atomic mass is 10.1. The second-order valence-corrected chi connectivity index (χ2v) is 2.87. The maximum absolute atomic E-state index is 10.9. The van der Waals surface area contributed by atoms with Gasteiger partial charge in [0, 0.05) is 6.42 Å². The summed E-state index contributed by atoms with van der Waals surface area (Å²) in [5.41, 5.74) is 0. The highest BCUT2D eigenvalue weighted by Gasteiger charge is 2.18. The molecule has 0 radical (unpaired) electrons. The Labute approximate surface area is 67.1 Å². The molecule has 3 heteroatoms. The predicted octanol–water partition coefficient (Wildman–Crippen LogP) is 0.549. The van der Waals surface area contributed by atoms with Gasteiger partial charge in [0.2, 0.25) is 0 Å². The third-order valence-corrected chi connectivity index (χ3v) is 1.92. The van der Waals surface area contributed by atoms with Crippen LogP contribution in [0.2, 0.25) is 0 Å². The maximum atomic E-state index is 10.9. The van der Waals surface area contributed by atoms with E-state index >= 15 is 0 Å². The monoisotopic (exact) mass is 157 g/mol. The van der Waals surface area contributed by atoms with Crippen molar-refractivity contribution in [3.63, 3.8) is 0 Å². The maximum Gasteiger partial charge on any atom is 0.306 e. The highest BCUT2D eigenvalue weighted by atomic mass is 16.5. The molecule has 0 bridgehead atoms. The van der Waals surface area contributed by atoms with Gasteiger partial charge in [-0.05, 0) is 32.4 Å². The minimum absolute atomic E-state index is 0.0544. The SMILES string of the molecule is CCOC(=O)C[C@@H]1CCNC1. The van der Waals surface area contributed by atoms with Crippen molar-refractivity contribution in [2.45, 2.75) is 19.8 Å². The Morgan fingerprint density at radius 1 is 1.73 bits per heavy atom. The molecule has 11 heavy (non-hydrogen) atoms. The zero-order chi connectivity index (χ0) is 8.10. The van der Waals surface area contributed by atoms with Gasteiger partial charge in [0.15, 0.2) is 0 Å². The van der Waals surface area contributed by atoms with Crippen LogP contribution < -0.4 is 5.32 Å². The second kappa shape index (κ2) is 4.34. The van der Waals surface area contributed by atoms with Crippen molar-refractivity contribution in [2.75, 3.05) is 19.7 Å². The van der Waals surface area contributed by atoms with Crippen LogP contribution in [0.1, 0.15) is 19.8 Å². The largest absolute Gasteiger partial charge is 0.466 e. The molecule has 0 unspecified atom stereocenters. The van der Waals surface area contributed by atoms with Gasteiger partial charge >= 0.3 is 5.97 Å². The summed E-state index contributed by atoms with van der Waals surface area (Å²) < 4.78 is 4.84. The summed E-state index contributed by atoms with van der Waals surface area (Å²) in [7, 11) is 0. The summed E-state index contributed by atoms with van der Waals surface area (Å²) in [6.45, 7) is 4.35. The smallest absolute Gasteiger partial charge is 0.306 e. The molecule has 1 saturated heterocycles. The average Bonchev–Trinajstić information content (AvgIpc) is 2.40. The quantitative estimate of drug-likeness (QED) is 0.608. The van der Waals surface area contributed by atoms with Crippen molar-refractivity contribution in [2.24, 2.45) is 5.92 Å². The Balaban J connectivity index is 2.13. The first-order chi connectivity index (χ1) is 5.33. The van der Waals surface area contributed by atoms with Crippen LogP contribution in [0.25, 0.3) is 0 Å². The molecule has 1 aliphatic heterocycles. The van der Waals surface area contributed by atoms with E-state index in [0.29, 0.717) is 18.9 Å². The van der Waals surface area contributed by atoms with E-state index in [-0.39, 0.29) is 5.97 Å². The van der Waals surface area contributed by atoms with Crippen molar-refractivity contribution >= 4 is 5.97 Å². The average molecular weight is 157 g/mol. The summed E-state index contributed by atoms with van der Waals surface area (Å²) in [5, 5.41) is 3.21. The number of hydrogen-bond acceptors (Lipinski definition) is 3. The number of ether oxygens (including phenoxy) is 1. The summed E-state index contributed by atoms with van der Waals surface area (Å²) >= 11 is 0. The van der Waals surface area contributed by atoms with E-state index in [1.807, 2.05) is 6.92 Å². The van der Waals surface area contributed by atoms with Crippen LogP contribution >= 0.6 is 0 Å². The van der Waals surface area contributed by atoms with E-state index in [1.54, 1.807) is 0 Å². The Kier molecular flexibility index (Phi) is 3.36. The Morgan fingerprint density at radius 2 is 2.55 bits per heavy atom. The van der Waals surface area contributed by atoms with E-state index < -0.39 is 0 Å². The van der Waals surface area contributed by atoms with Crippen LogP contribution in [-0.2, 0) is 9.53 Å². The molecule has 0 aromatic heterocycles. The Morgan fingerprint density at radius 3 is 3.09 bits per heavy atom. The molecule has 0 aliphatic carbocycles. The van der Waals surface area contributed by atoms with Gasteiger partial charge < -0.3 is 10.1 Å². The summed E-state index contributed by atoms with van der Waals surface area (Å²) in [4.78, 5) is 10.9. The molecule has 0 saturated carbocycles. The first-order valence-corrected chi connectivity index (χ1v) is 4.19. The van der Waals surface area contributed by atoms with Gasteiger partial charge in [0.1, 0.15) is 0 Å². The van der Waals surface area contributed by atoms with E-state index in [0.717, 1.165) is 19.5 Å². The third kappa shape index (κ3) is 2.89. The fraction of sp³-hybridized carbons (Fsp3) is 0.875. The van der Waals surface area contributed by atoms with Crippen molar-refractivity contribution in [1.29, 1.82) is 0 Å². The fourth-order valence-electron chi connectivity index (χ4n) is 1.34. The summed E-state index contributed by atoms with van der Waals surface area (Å²) in [5.74, 6) is 0.454. The first-order valence-electron chi connectivity index (χ1n) is 4.19. The van der Waals surface area contributed by atoms with Crippen LogP contribution in [0.3, 0.4) is 0 Å². The van der Waals surface area contributed by atoms with Gasteiger partial charge in [-0.1, -0.05) is 0 Å². The minimum Gasteiger partial charge on any atom is -0.466 e. The topological polar surface area (TPSA) is 38.3 Å². The number of rotatable bonds is 3. The number of esters is 1. The summed E-state index contributed by atoms with van der Waals surface area (Å²) in [6.07, 6.45) is 1.69. The van der Waals surface area contributed by atoms with Gasteiger partial charge in [-0.2, -0.15) is 0 Å². The molecule has 1 fully saturated rings. The van der Waals surface area contributed by atoms with E-state index in [2.05, 4.69) is 5.32 Å². The van der Waals surface area contributed by atoms with E-state index in [1.165, 1.54) is 0 Å². The molecule has 1 heterocycles. The molecule has 3 nitrogen and oxygen atoms in total. The Bertz CT molecular complexity index is 130. The van der Waals surface area contributed by atoms with Crippen molar-refractivity contribution < 1.29 is 9.53 Å².